The molecule has 17 heteroatoms. The Hall–Kier alpha value is -3.32. The summed E-state index contributed by atoms with van der Waals surface area (Å²) in [4.78, 5) is 33.0. The zero-order valence-corrected chi connectivity index (χ0v) is 24.5. The molecule has 0 atom stereocenters. The number of alkyl halides is 6. The Morgan fingerprint density at radius 1 is 0.886 bits per heavy atom. The van der Waals surface area contributed by atoms with Crippen molar-refractivity contribution in [2.45, 2.75) is 18.8 Å². The van der Waals surface area contributed by atoms with Crippen LogP contribution in [0.15, 0.2) is 49.3 Å². The van der Waals surface area contributed by atoms with Crippen LogP contribution in [0.1, 0.15) is 17.8 Å². The Morgan fingerprint density at radius 2 is 1.34 bits per heavy atom. The van der Waals surface area contributed by atoms with Gasteiger partial charge in [0, 0.05) is 70.9 Å². The molecule has 4 rings (SSSR count). The summed E-state index contributed by atoms with van der Waals surface area (Å²) in [5.41, 5.74) is -0.359. The van der Waals surface area contributed by atoms with Gasteiger partial charge in [-0.25, -0.2) is 14.8 Å². The predicted molar refractivity (Wildman–Crippen MR) is 144 cm³/mol. The maximum Gasteiger partial charge on any atom is 1.00 e. The van der Waals surface area contributed by atoms with Crippen molar-refractivity contribution >= 4 is 23.3 Å². The number of esters is 1. The summed E-state index contributed by atoms with van der Waals surface area (Å²) >= 11 is 0. The SMILES string of the molecule is C=CC(=O)OC.FC(F)(F)c1ccc(N2CCNCC2)cn1.O=C([O-])CCN1CCN(c2ccc(C(F)(F)F)nc2)CC1.[Li+]. The van der Waals surface area contributed by atoms with Crippen LogP contribution < -0.4 is 39.1 Å². The molecule has 0 amide bonds. The Morgan fingerprint density at radius 3 is 1.66 bits per heavy atom. The summed E-state index contributed by atoms with van der Waals surface area (Å²) in [6, 6.07) is 4.88. The molecule has 0 radical (unpaired) electrons. The Bertz CT molecular complexity index is 1160. The Balaban J connectivity index is 0.000000373. The molecule has 0 aromatic carbocycles. The number of nitrogens with one attached hydrogen (secondary N) is 1. The molecule has 2 aromatic rings. The number of piperazine rings is 2. The van der Waals surface area contributed by atoms with Crippen molar-refractivity contribution in [1.82, 2.24) is 20.2 Å². The van der Waals surface area contributed by atoms with E-state index in [-0.39, 0.29) is 25.3 Å². The number of hydrogen-bond donors (Lipinski definition) is 1. The van der Waals surface area contributed by atoms with Crippen LogP contribution in [0, 0.1) is 0 Å². The summed E-state index contributed by atoms with van der Waals surface area (Å²) in [5, 5.41) is 13.6. The fourth-order valence-corrected chi connectivity index (χ4v) is 3.97. The molecule has 2 aliphatic heterocycles. The molecule has 2 aromatic heterocycles. The van der Waals surface area contributed by atoms with E-state index >= 15 is 0 Å². The van der Waals surface area contributed by atoms with Gasteiger partial charge in [-0.1, -0.05) is 6.58 Å². The van der Waals surface area contributed by atoms with Crippen LogP contribution in [-0.2, 0) is 26.7 Å². The molecule has 1 N–H and O–H groups in total. The van der Waals surface area contributed by atoms with Crippen LogP contribution in [0.5, 0.6) is 0 Å². The van der Waals surface area contributed by atoms with Crippen LogP contribution >= 0.6 is 0 Å². The summed E-state index contributed by atoms with van der Waals surface area (Å²) < 4.78 is 78.3. The number of carbonyl (C=O) groups is 2. The first-order valence-corrected chi connectivity index (χ1v) is 13.1. The molecule has 238 valence electrons. The number of anilines is 2. The molecule has 44 heavy (non-hydrogen) atoms. The van der Waals surface area contributed by atoms with Gasteiger partial charge in [-0.15, -0.1) is 0 Å². The number of aromatic nitrogens is 2. The molecule has 0 saturated carbocycles. The van der Waals surface area contributed by atoms with Gasteiger partial charge in [-0.2, -0.15) is 26.3 Å². The minimum atomic E-state index is -4.43. The van der Waals surface area contributed by atoms with Gasteiger partial charge in [0.1, 0.15) is 11.4 Å². The fraction of sp³-hybridized carbons (Fsp3) is 0.481. The zero-order chi connectivity index (χ0) is 32.0. The van der Waals surface area contributed by atoms with E-state index in [4.69, 9.17) is 0 Å². The quantitative estimate of drug-likeness (QED) is 0.190. The van der Waals surface area contributed by atoms with Crippen molar-refractivity contribution in [1.29, 1.82) is 0 Å². The fourth-order valence-electron chi connectivity index (χ4n) is 3.97. The molecular weight excluding hydrogens is 593 g/mol. The van der Waals surface area contributed by atoms with Crippen LogP contribution in [0.4, 0.5) is 37.7 Å². The van der Waals surface area contributed by atoms with Gasteiger partial charge in [-0.05, 0) is 30.7 Å². The van der Waals surface area contributed by atoms with E-state index in [2.05, 4.69) is 26.6 Å². The second kappa shape index (κ2) is 18.5. The standard InChI is InChI=1S/C13H16F3N3O2.C10H12F3N3.C4H6O2.Li/c14-13(15,16)11-2-1-10(9-17-11)19-7-5-18(6-8-19)4-3-12(20)21;11-10(12,13)9-2-1-8(7-15-9)16-5-3-14-4-6-16;1-3-4(5)6-2;/h1-2,9H,3-8H2,(H,20,21);1-2,7,14H,3-6H2;3H,1H2,2H3;/q;;;+1/p-1. The molecule has 2 fully saturated rings. The smallest absolute Gasteiger partial charge is 0.550 e. The van der Waals surface area contributed by atoms with Gasteiger partial charge in [0.05, 0.1) is 30.9 Å². The van der Waals surface area contributed by atoms with Gasteiger partial charge in [0.2, 0.25) is 0 Å². The number of halogens is 6. The third kappa shape index (κ3) is 13.5. The molecule has 2 saturated heterocycles. The largest absolute Gasteiger partial charge is 1.00 e. The number of carboxylic acids is 1. The Kier molecular flexibility index (Phi) is 16.3. The van der Waals surface area contributed by atoms with Crippen LogP contribution in [0.3, 0.4) is 0 Å². The number of carbonyl (C=O) groups excluding carboxylic acids is 2. The summed E-state index contributed by atoms with van der Waals surface area (Å²) in [6.07, 6.45) is -5.18. The summed E-state index contributed by atoms with van der Waals surface area (Å²) in [5.74, 6) is -1.47. The summed E-state index contributed by atoms with van der Waals surface area (Å²) in [6.45, 7) is 9.45. The molecule has 0 aliphatic carbocycles. The van der Waals surface area contributed by atoms with Gasteiger partial charge < -0.3 is 29.8 Å². The number of pyridine rings is 2. The van der Waals surface area contributed by atoms with E-state index in [1.54, 1.807) is 0 Å². The van der Waals surface area contributed by atoms with Crippen molar-refractivity contribution in [2.75, 3.05) is 75.8 Å². The van der Waals surface area contributed by atoms with E-state index < -0.39 is 35.7 Å². The molecule has 0 bridgehead atoms. The first-order chi connectivity index (χ1) is 20.2. The average Bonchev–Trinajstić information content (AvgIpc) is 3.00. The molecule has 10 nitrogen and oxygen atoms in total. The number of aliphatic carboxylic acids is 1. The van der Waals surface area contributed by atoms with Crippen LogP contribution in [-0.4, -0.2) is 92.8 Å². The second-order valence-corrected chi connectivity index (χ2v) is 9.21. The maximum atomic E-state index is 12.4. The van der Waals surface area contributed by atoms with Crippen molar-refractivity contribution in [3.8, 4) is 0 Å². The molecule has 0 spiro atoms. The number of methoxy groups -OCH3 is 1. The number of carboxylic acid groups (broad SMARTS) is 1. The third-order valence-corrected chi connectivity index (χ3v) is 6.30. The van der Waals surface area contributed by atoms with Gasteiger partial charge in [-0.3, -0.25) is 4.90 Å². The summed E-state index contributed by atoms with van der Waals surface area (Å²) in [7, 11) is 1.31. The second-order valence-electron chi connectivity index (χ2n) is 9.21. The Labute approximate surface area is 263 Å². The molecule has 2 aliphatic rings. The van der Waals surface area contributed by atoms with Crippen LogP contribution in [0.2, 0.25) is 0 Å². The van der Waals surface area contributed by atoms with E-state index in [0.29, 0.717) is 38.4 Å². The first kappa shape index (κ1) is 38.7. The van der Waals surface area contributed by atoms with Crippen molar-refractivity contribution in [2.24, 2.45) is 0 Å². The number of rotatable bonds is 6. The molecular formula is C27H33F6LiN6O4. The molecule has 4 heterocycles. The van der Waals surface area contributed by atoms with E-state index in [9.17, 15) is 41.0 Å². The zero-order valence-electron chi connectivity index (χ0n) is 24.5. The minimum absolute atomic E-state index is 0. The third-order valence-electron chi connectivity index (χ3n) is 6.30. The minimum Gasteiger partial charge on any atom is -0.550 e. The molecule has 0 unspecified atom stereocenters. The monoisotopic (exact) mass is 626 g/mol. The maximum absolute atomic E-state index is 12.4. The normalized spacial score (nSPS) is 15.4. The first-order valence-electron chi connectivity index (χ1n) is 13.1. The van der Waals surface area contributed by atoms with Crippen molar-refractivity contribution < 1.29 is 64.6 Å². The van der Waals surface area contributed by atoms with E-state index in [0.717, 1.165) is 50.1 Å². The average molecular weight is 627 g/mol. The van der Waals surface area contributed by atoms with Crippen molar-refractivity contribution in [3.63, 3.8) is 0 Å². The number of nitrogens with zero attached hydrogens (tertiary/aromatic N) is 5. The van der Waals surface area contributed by atoms with Crippen molar-refractivity contribution in [3.05, 3.63) is 60.7 Å². The number of hydrogen-bond acceptors (Lipinski definition) is 10. The van der Waals surface area contributed by atoms with Crippen LogP contribution in [0.25, 0.3) is 0 Å². The van der Waals surface area contributed by atoms with E-state index in [1.807, 2.05) is 14.7 Å². The topological polar surface area (TPSA) is 114 Å². The number of ether oxygens (including phenoxy) is 1. The van der Waals surface area contributed by atoms with Gasteiger partial charge in [0.25, 0.3) is 0 Å². The van der Waals surface area contributed by atoms with Gasteiger partial charge in [0.15, 0.2) is 0 Å². The van der Waals surface area contributed by atoms with Gasteiger partial charge >= 0.3 is 37.2 Å². The van der Waals surface area contributed by atoms with E-state index in [1.165, 1.54) is 31.6 Å². The predicted octanol–water partition coefficient (Wildman–Crippen LogP) is -0.778.